The van der Waals surface area contributed by atoms with Crippen molar-refractivity contribution in [3.8, 4) is 0 Å². The molecule has 1 amide bonds. The van der Waals surface area contributed by atoms with Gasteiger partial charge < -0.3 is 10.0 Å². The van der Waals surface area contributed by atoms with Crippen molar-refractivity contribution in [1.82, 2.24) is 4.90 Å². The van der Waals surface area contributed by atoms with Gasteiger partial charge in [-0.25, -0.2) is 0 Å². The lowest BCUT2D eigenvalue weighted by atomic mass is 9.95. The van der Waals surface area contributed by atoms with E-state index >= 15 is 0 Å². The van der Waals surface area contributed by atoms with Gasteiger partial charge in [-0.05, 0) is 44.2 Å². The van der Waals surface area contributed by atoms with Crippen LogP contribution in [0.15, 0.2) is 12.1 Å². The van der Waals surface area contributed by atoms with Gasteiger partial charge in [-0.15, -0.1) is 11.3 Å². The second kappa shape index (κ2) is 5.65. The summed E-state index contributed by atoms with van der Waals surface area (Å²) in [4.78, 5) is 16.2. The number of aliphatic hydroxyl groups is 1. The van der Waals surface area contributed by atoms with Crippen LogP contribution in [0.1, 0.15) is 33.8 Å². The van der Waals surface area contributed by atoms with Crippen molar-refractivity contribution in [2.75, 3.05) is 19.7 Å². The molecule has 0 bridgehead atoms. The standard InChI is InChI=1S/C13H19NO2S/c1-10-4-5-12(17-10)13(16)14-7-2-3-11(9-14)6-8-15/h4-5,11,15H,2-3,6-9H2,1H3. The van der Waals surface area contributed by atoms with Crippen LogP contribution < -0.4 is 0 Å². The number of likely N-dealkylation sites (tertiary alicyclic amines) is 1. The van der Waals surface area contributed by atoms with Crippen LogP contribution in [0.2, 0.25) is 0 Å². The van der Waals surface area contributed by atoms with Crippen LogP contribution >= 0.6 is 11.3 Å². The summed E-state index contributed by atoms with van der Waals surface area (Å²) in [5, 5.41) is 8.96. The van der Waals surface area contributed by atoms with Gasteiger partial charge in [0.25, 0.3) is 5.91 Å². The molecule has 2 rings (SSSR count). The molecule has 1 N–H and O–H groups in total. The zero-order valence-electron chi connectivity index (χ0n) is 10.2. The molecule has 0 saturated carbocycles. The fourth-order valence-corrected chi connectivity index (χ4v) is 3.21. The number of hydrogen-bond acceptors (Lipinski definition) is 3. The number of hydrogen-bond donors (Lipinski definition) is 1. The van der Waals surface area contributed by atoms with Gasteiger partial charge in [0.1, 0.15) is 0 Å². The van der Waals surface area contributed by atoms with Crippen molar-refractivity contribution >= 4 is 17.2 Å². The van der Waals surface area contributed by atoms with Crippen LogP contribution in [0.5, 0.6) is 0 Å². The SMILES string of the molecule is Cc1ccc(C(=O)N2CCCC(CCO)C2)s1. The highest BCUT2D eigenvalue weighted by Crippen LogP contribution is 2.23. The summed E-state index contributed by atoms with van der Waals surface area (Å²) in [7, 11) is 0. The number of piperidine rings is 1. The minimum absolute atomic E-state index is 0.158. The third kappa shape index (κ3) is 3.07. The van der Waals surface area contributed by atoms with Crippen LogP contribution in [0.4, 0.5) is 0 Å². The van der Waals surface area contributed by atoms with Crippen molar-refractivity contribution in [2.24, 2.45) is 5.92 Å². The monoisotopic (exact) mass is 253 g/mol. The summed E-state index contributed by atoms with van der Waals surface area (Å²) in [5.41, 5.74) is 0. The van der Waals surface area contributed by atoms with E-state index in [4.69, 9.17) is 5.11 Å². The van der Waals surface area contributed by atoms with E-state index in [2.05, 4.69) is 0 Å². The van der Waals surface area contributed by atoms with Crippen molar-refractivity contribution < 1.29 is 9.90 Å². The molecule has 1 aliphatic rings. The first-order valence-corrected chi connectivity index (χ1v) is 6.99. The highest BCUT2D eigenvalue weighted by molar-refractivity contribution is 7.13. The molecule has 0 spiro atoms. The fraction of sp³-hybridized carbons (Fsp3) is 0.615. The van der Waals surface area contributed by atoms with E-state index in [1.165, 1.54) is 4.88 Å². The molecule has 4 heteroatoms. The Morgan fingerprint density at radius 2 is 2.41 bits per heavy atom. The molecule has 17 heavy (non-hydrogen) atoms. The molecule has 2 heterocycles. The van der Waals surface area contributed by atoms with Crippen molar-refractivity contribution in [2.45, 2.75) is 26.2 Å². The highest BCUT2D eigenvalue weighted by Gasteiger charge is 2.24. The van der Waals surface area contributed by atoms with Gasteiger partial charge in [-0.3, -0.25) is 4.79 Å². The van der Waals surface area contributed by atoms with Crippen molar-refractivity contribution in [3.05, 3.63) is 21.9 Å². The number of aliphatic hydroxyl groups excluding tert-OH is 1. The summed E-state index contributed by atoms with van der Waals surface area (Å²) >= 11 is 1.56. The van der Waals surface area contributed by atoms with Crippen LogP contribution in [0, 0.1) is 12.8 Å². The minimum atomic E-state index is 0.158. The van der Waals surface area contributed by atoms with Gasteiger partial charge in [0.2, 0.25) is 0 Å². The van der Waals surface area contributed by atoms with E-state index in [1.807, 2.05) is 24.0 Å². The van der Waals surface area contributed by atoms with E-state index in [0.29, 0.717) is 5.92 Å². The number of carbonyl (C=O) groups is 1. The van der Waals surface area contributed by atoms with Gasteiger partial charge in [0, 0.05) is 24.6 Å². The molecule has 94 valence electrons. The first-order valence-electron chi connectivity index (χ1n) is 6.17. The second-order valence-electron chi connectivity index (χ2n) is 4.68. The Labute approximate surface area is 106 Å². The zero-order chi connectivity index (χ0) is 12.3. The van der Waals surface area contributed by atoms with E-state index in [-0.39, 0.29) is 12.5 Å². The van der Waals surface area contributed by atoms with Gasteiger partial charge in [0.15, 0.2) is 0 Å². The Bertz CT molecular complexity index is 387. The van der Waals surface area contributed by atoms with Crippen molar-refractivity contribution in [3.63, 3.8) is 0 Å². The van der Waals surface area contributed by atoms with Gasteiger partial charge >= 0.3 is 0 Å². The number of aryl methyl sites for hydroxylation is 1. The zero-order valence-corrected chi connectivity index (χ0v) is 11.0. The molecule has 0 aliphatic carbocycles. The maximum Gasteiger partial charge on any atom is 0.263 e. The Morgan fingerprint density at radius 1 is 1.59 bits per heavy atom. The topological polar surface area (TPSA) is 40.5 Å². The third-order valence-electron chi connectivity index (χ3n) is 3.29. The summed E-state index contributed by atoms with van der Waals surface area (Å²) < 4.78 is 0. The molecule has 1 aromatic heterocycles. The maximum atomic E-state index is 12.2. The minimum Gasteiger partial charge on any atom is -0.396 e. The summed E-state index contributed by atoms with van der Waals surface area (Å²) in [6, 6.07) is 3.91. The number of thiophene rings is 1. The van der Waals surface area contributed by atoms with Crippen LogP contribution in [-0.4, -0.2) is 35.6 Å². The summed E-state index contributed by atoms with van der Waals surface area (Å²) in [6.07, 6.45) is 3.00. The Hall–Kier alpha value is -0.870. The van der Waals surface area contributed by atoms with Crippen LogP contribution in [0.25, 0.3) is 0 Å². The molecular weight excluding hydrogens is 234 g/mol. The lowest BCUT2D eigenvalue weighted by Crippen LogP contribution is -2.39. The quantitative estimate of drug-likeness (QED) is 0.898. The fourth-order valence-electron chi connectivity index (χ4n) is 2.37. The molecular formula is C13H19NO2S. The van der Waals surface area contributed by atoms with Gasteiger partial charge in [0.05, 0.1) is 4.88 Å². The molecule has 0 radical (unpaired) electrons. The number of rotatable bonds is 3. The average Bonchev–Trinajstić information content (AvgIpc) is 2.76. The number of nitrogens with zero attached hydrogens (tertiary/aromatic N) is 1. The maximum absolute atomic E-state index is 12.2. The first-order chi connectivity index (χ1) is 8.20. The summed E-state index contributed by atoms with van der Waals surface area (Å²) in [5.74, 6) is 0.629. The number of amides is 1. The molecule has 1 fully saturated rings. The lowest BCUT2D eigenvalue weighted by Gasteiger charge is -2.32. The average molecular weight is 253 g/mol. The summed E-state index contributed by atoms with van der Waals surface area (Å²) in [6.45, 7) is 3.91. The molecule has 1 saturated heterocycles. The Balaban J connectivity index is 1.99. The molecule has 1 aromatic rings. The molecule has 3 nitrogen and oxygen atoms in total. The van der Waals surface area contributed by atoms with Crippen LogP contribution in [-0.2, 0) is 0 Å². The van der Waals surface area contributed by atoms with E-state index in [1.54, 1.807) is 11.3 Å². The van der Waals surface area contributed by atoms with E-state index < -0.39 is 0 Å². The second-order valence-corrected chi connectivity index (χ2v) is 5.97. The lowest BCUT2D eigenvalue weighted by molar-refractivity contribution is 0.0658. The highest BCUT2D eigenvalue weighted by atomic mass is 32.1. The largest absolute Gasteiger partial charge is 0.396 e. The predicted octanol–water partition coefficient (Wildman–Crippen LogP) is 2.29. The first kappa shape index (κ1) is 12.6. The van der Waals surface area contributed by atoms with Crippen molar-refractivity contribution in [1.29, 1.82) is 0 Å². The van der Waals surface area contributed by atoms with Gasteiger partial charge in [-0.2, -0.15) is 0 Å². The van der Waals surface area contributed by atoms with E-state index in [9.17, 15) is 4.79 Å². The normalized spacial score (nSPS) is 20.6. The predicted molar refractivity (Wildman–Crippen MR) is 69.4 cm³/mol. The smallest absolute Gasteiger partial charge is 0.263 e. The van der Waals surface area contributed by atoms with Crippen LogP contribution in [0.3, 0.4) is 0 Å². The molecule has 0 aromatic carbocycles. The molecule has 1 aliphatic heterocycles. The third-order valence-corrected chi connectivity index (χ3v) is 4.28. The van der Waals surface area contributed by atoms with E-state index in [0.717, 1.165) is 37.2 Å². The molecule has 1 unspecified atom stereocenters. The Kier molecular flexibility index (Phi) is 4.18. The number of carbonyl (C=O) groups excluding carboxylic acids is 1. The van der Waals surface area contributed by atoms with Gasteiger partial charge in [-0.1, -0.05) is 0 Å². The Morgan fingerprint density at radius 3 is 3.06 bits per heavy atom. The molecule has 1 atom stereocenters.